The number of para-hydroxylation sites is 1. The van der Waals surface area contributed by atoms with E-state index in [-0.39, 0.29) is 0 Å². The normalized spacial score (nSPS) is 6.89. The Bertz CT molecular complexity index is 164. The Morgan fingerprint density at radius 3 is 1.67 bits per heavy atom. The van der Waals surface area contributed by atoms with Gasteiger partial charge in [-0.25, -0.2) is 0 Å². The van der Waals surface area contributed by atoms with Crippen LogP contribution in [0, 0.1) is 12.8 Å². The molecule has 1 aromatic rings. The van der Waals surface area contributed by atoms with Crippen LogP contribution in [-0.2, 0) is 0 Å². The lowest BCUT2D eigenvalue weighted by Crippen LogP contribution is -1.56. The van der Waals surface area contributed by atoms with E-state index in [0.29, 0.717) is 5.75 Å². The first-order valence-electron chi connectivity index (χ1n) is 2.47. The Labute approximate surface area is 55.0 Å². The first-order chi connectivity index (χ1) is 4.39. The molecule has 1 aromatic carbocycles. The average Bonchev–Trinajstić information content (AvgIpc) is 1.94. The van der Waals surface area contributed by atoms with Crippen LogP contribution < -0.4 is 0 Å². The maximum absolute atomic E-state index is 8.63. The highest BCUT2D eigenvalue weighted by Crippen LogP contribution is 2.02. The predicted octanol–water partition coefficient (Wildman–Crippen LogP) is 1.64. The number of phenols is 1. The number of hydrogen-bond donors (Lipinski definition) is 1. The van der Waals surface area contributed by atoms with Gasteiger partial charge in [0.1, 0.15) is 5.75 Å². The maximum atomic E-state index is 8.63. The first-order valence-corrected chi connectivity index (χ1v) is 2.47. The molecule has 0 saturated heterocycles. The van der Waals surface area contributed by atoms with E-state index in [0.717, 1.165) is 0 Å². The van der Waals surface area contributed by atoms with Crippen molar-refractivity contribution >= 4 is 0 Å². The third kappa shape index (κ3) is 3.19. The standard InChI is InChI=1S/C6H6O.C2H2/c7-6-4-2-1-3-5-6;1-2/h1-5,7H;1-2H. The van der Waals surface area contributed by atoms with Crippen molar-refractivity contribution in [2.45, 2.75) is 0 Å². The van der Waals surface area contributed by atoms with Crippen LogP contribution in [-0.4, -0.2) is 5.11 Å². The van der Waals surface area contributed by atoms with Gasteiger partial charge in [-0.2, -0.15) is 0 Å². The monoisotopic (exact) mass is 120 g/mol. The summed E-state index contributed by atoms with van der Waals surface area (Å²) in [5.41, 5.74) is 0. The molecule has 0 spiro atoms. The van der Waals surface area contributed by atoms with Crippen molar-refractivity contribution in [3.05, 3.63) is 30.3 Å². The summed E-state index contributed by atoms with van der Waals surface area (Å²) >= 11 is 0. The lowest BCUT2D eigenvalue weighted by atomic mass is 10.3. The molecule has 0 aliphatic rings. The van der Waals surface area contributed by atoms with Gasteiger partial charge in [0.2, 0.25) is 0 Å². The van der Waals surface area contributed by atoms with Crippen molar-refractivity contribution < 1.29 is 5.11 Å². The van der Waals surface area contributed by atoms with E-state index < -0.39 is 0 Å². The predicted molar refractivity (Wildman–Crippen MR) is 38.0 cm³/mol. The molecule has 0 aromatic heterocycles. The number of benzene rings is 1. The lowest BCUT2D eigenvalue weighted by molar-refractivity contribution is 0.475. The van der Waals surface area contributed by atoms with E-state index in [1.807, 2.05) is 6.07 Å². The number of aromatic hydroxyl groups is 1. The molecule has 0 bridgehead atoms. The molecule has 1 heteroatoms. The van der Waals surface area contributed by atoms with E-state index in [1.54, 1.807) is 24.3 Å². The van der Waals surface area contributed by atoms with Gasteiger partial charge >= 0.3 is 0 Å². The molecule has 0 unspecified atom stereocenters. The van der Waals surface area contributed by atoms with Crippen LogP contribution in [0.3, 0.4) is 0 Å². The minimum Gasteiger partial charge on any atom is -0.508 e. The third-order valence-corrected chi connectivity index (χ3v) is 0.756. The number of terminal acetylenes is 1. The summed E-state index contributed by atoms with van der Waals surface area (Å²) in [6.07, 6.45) is 8.00. The summed E-state index contributed by atoms with van der Waals surface area (Å²) in [4.78, 5) is 0. The van der Waals surface area contributed by atoms with E-state index in [4.69, 9.17) is 5.11 Å². The molecule has 0 aliphatic carbocycles. The largest absolute Gasteiger partial charge is 0.508 e. The molecule has 46 valence electrons. The summed E-state index contributed by atoms with van der Waals surface area (Å²) in [7, 11) is 0. The zero-order chi connectivity index (χ0) is 7.11. The fourth-order valence-corrected chi connectivity index (χ4v) is 0.428. The van der Waals surface area contributed by atoms with Crippen LogP contribution in [0.5, 0.6) is 5.75 Å². The third-order valence-electron chi connectivity index (χ3n) is 0.756. The highest BCUT2D eigenvalue weighted by Gasteiger charge is 1.74. The smallest absolute Gasteiger partial charge is 0.115 e. The molecule has 0 saturated carbocycles. The van der Waals surface area contributed by atoms with Crippen molar-refractivity contribution in [3.8, 4) is 18.6 Å². The second-order valence-electron chi connectivity index (χ2n) is 1.34. The van der Waals surface area contributed by atoms with Gasteiger partial charge in [-0.3, -0.25) is 0 Å². The van der Waals surface area contributed by atoms with Gasteiger partial charge < -0.3 is 5.11 Å². The fourth-order valence-electron chi connectivity index (χ4n) is 0.428. The van der Waals surface area contributed by atoms with E-state index >= 15 is 0 Å². The van der Waals surface area contributed by atoms with Gasteiger partial charge in [-0.1, -0.05) is 18.2 Å². The molecule has 9 heavy (non-hydrogen) atoms. The molecule has 0 fully saturated rings. The molecule has 1 rings (SSSR count). The Hall–Kier alpha value is -1.42. The molecule has 0 amide bonds. The lowest BCUT2D eigenvalue weighted by Gasteiger charge is -1.82. The average molecular weight is 120 g/mol. The summed E-state index contributed by atoms with van der Waals surface area (Å²) < 4.78 is 0. The SMILES string of the molecule is C#C.Oc1ccccc1. The van der Waals surface area contributed by atoms with Crippen LogP contribution in [0.4, 0.5) is 0 Å². The van der Waals surface area contributed by atoms with Gasteiger partial charge in [0, 0.05) is 0 Å². The molecule has 0 heterocycles. The van der Waals surface area contributed by atoms with E-state index in [1.165, 1.54) is 0 Å². The molecule has 0 aliphatic heterocycles. The topological polar surface area (TPSA) is 20.2 Å². The van der Waals surface area contributed by atoms with Gasteiger partial charge in [0.05, 0.1) is 0 Å². The second kappa shape index (κ2) is 4.73. The summed E-state index contributed by atoms with van der Waals surface area (Å²) in [6.45, 7) is 0. The molecular formula is C8H8O. The minimum atomic E-state index is 0.322. The van der Waals surface area contributed by atoms with Crippen molar-refractivity contribution in [2.24, 2.45) is 0 Å². The fraction of sp³-hybridized carbons (Fsp3) is 0. The maximum Gasteiger partial charge on any atom is 0.115 e. The van der Waals surface area contributed by atoms with Crippen LogP contribution >= 0.6 is 0 Å². The first kappa shape index (κ1) is 7.58. The van der Waals surface area contributed by atoms with Crippen LogP contribution in [0.1, 0.15) is 0 Å². The molecular weight excluding hydrogens is 112 g/mol. The molecule has 1 N–H and O–H groups in total. The van der Waals surface area contributed by atoms with Crippen molar-refractivity contribution in [2.75, 3.05) is 0 Å². The summed E-state index contributed by atoms with van der Waals surface area (Å²) in [5, 5.41) is 8.63. The van der Waals surface area contributed by atoms with Gasteiger partial charge in [-0.05, 0) is 12.1 Å². The summed E-state index contributed by atoms with van der Waals surface area (Å²) in [5.74, 6) is 0.322. The second-order valence-corrected chi connectivity index (χ2v) is 1.34. The van der Waals surface area contributed by atoms with E-state index in [2.05, 4.69) is 12.8 Å². The number of hydrogen-bond acceptors (Lipinski definition) is 1. The Morgan fingerprint density at radius 1 is 1.00 bits per heavy atom. The Morgan fingerprint density at radius 2 is 1.44 bits per heavy atom. The molecule has 1 nitrogen and oxygen atoms in total. The molecule has 0 radical (unpaired) electrons. The zero-order valence-corrected chi connectivity index (χ0v) is 4.99. The van der Waals surface area contributed by atoms with Gasteiger partial charge in [0.25, 0.3) is 0 Å². The minimum absolute atomic E-state index is 0.322. The highest BCUT2D eigenvalue weighted by atomic mass is 16.3. The summed E-state index contributed by atoms with van der Waals surface area (Å²) in [6, 6.07) is 8.71. The van der Waals surface area contributed by atoms with Gasteiger partial charge in [-0.15, -0.1) is 12.8 Å². The molecule has 0 atom stereocenters. The highest BCUT2D eigenvalue weighted by molar-refractivity contribution is 5.18. The quantitative estimate of drug-likeness (QED) is 0.516. The van der Waals surface area contributed by atoms with Crippen LogP contribution in [0.15, 0.2) is 30.3 Å². The zero-order valence-electron chi connectivity index (χ0n) is 4.99. The van der Waals surface area contributed by atoms with Crippen molar-refractivity contribution in [1.82, 2.24) is 0 Å². The number of rotatable bonds is 0. The van der Waals surface area contributed by atoms with Crippen LogP contribution in [0.25, 0.3) is 0 Å². The van der Waals surface area contributed by atoms with Gasteiger partial charge in [0.15, 0.2) is 0 Å². The van der Waals surface area contributed by atoms with Crippen molar-refractivity contribution in [1.29, 1.82) is 0 Å². The number of phenolic OH excluding ortho intramolecular Hbond substituents is 1. The Balaban J connectivity index is 0.000000291. The Kier molecular flexibility index (Phi) is 3.99. The van der Waals surface area contributed by atoms with E-state index in [9.17, 15) is 0 Å². The van der Waals surface area contributed by atoms with Crippen LogP contribution in [0.2, 0.25) is 0 Å². The van der Waals surface area contributed by atoms with Crippen molar-refractivity contribution in [3.63, 3.8) is 0 Å².